The van der Waals surface area contributed by atoms with Gasteiger partial charge in [-0.2, -0.15) is 0 Å². The monoisotopic (exact) mass is 821 g/mol. The molecule has 0 saturated heterocycles. The minimum Gasteiger partial charge on any atom is -0.481 e. The first-order valence-electron chi connectivity index (χ1n) is 19.0. The molecule has 2 aromatic heterocycles. The number of rotatable bonds is 8. The topological polar surface area (TPSA) is 35.9 Å². The summed E-state index contributed by atoms with van der Waals surface area (Å²) in [4.78, 5) is 4.54. The molecule has 0 fully saturated rings. The van der Waals surface area contributed by atoms with E-state index in [-0.39, 0.29) is 5.76 Å². The Morgan fingerprint density at radius 1 is 0.475 bits per heavy atom. The number of ether oxygens (including phenoxy) is 1. The quantitative estimate of drug-likeness (QED) is 0.155. The van der Waals surface area contributed by atoms with Crippen molar-refractivity contribution < 1.29 is 9.84 Å². The van der Waals surface area contributed by atoms with Gasteiger partial charge < -0.3 is 19.6 Å². The molecule has 1 aliphatic rings. The fraction of sp³-hybridized carbons (Fsp3) is 0. The lowest BCUT2D eigenvalue weighted by molar-refractivity contribution is 0.427. The normalized spacial score (nSPS) is 11.4. The molecule has 0 spiro atoms. The number of anilines is 6. The van der Waals surface area contributed by atoms with Crippen LogP contribution in [0.4, 0.5) is 34.1 Å². The van der Waals surface area contributed by atoms with Gasteiger partial charge in [-0.25, -0.2) is 0 Å². The van der Waals surface area contributed by atoms with Gasteiger partial charge in [-0.05, 0) is 78.9 Å². The standard InChI is InChI=1S/C26H19NOS.C20H14ClNS.C6H4O/c1-3-10-20(11-4-1)27(25-19-29-26-17-8-7-16-24(25)26)21-12-9-15-23(18-21)28-22-13-5-2-6-14-22;21-15-7-6-10-17(13-15)22(16-8-2-1-3-9-16)19-14-23-20-12-5-4-11-18(19)20;7-6-4-2-1-3-5-6/h1-19H;1-14H;1-4H/p+1. The highest BCUT2D eigenvalue weighted by Gasteiger charge is 2.18. The van der Waals surface area contributed by atoms with Gasteiger partial charge in [-0.1, -0.05) is 115 Å². The third-order valence-electron chi connectivity index (χ3n) is 9.25. The number of halogens is 1. The van der Waals surface area contributed by atoms with Gasteiger partial charge in [0.25, 0.3) is 5.76 Å². The Bertz CT molecular complexity index is 2850. The Morgan fingerprint density at radius 2 is 0.949 bits per heavy atom. The molecule has 0 aliphatic heterocycles. The van der Waals surface area contributed by atoms with Gasteiger partial charge >= 0.3 is 0 Å². The van der Waals surface area contributed by atoms with Gasteiger partial charge in [0.05, 0.1) is 29.6 Å². The van der Waals surface area contributed by atoms with Crippen molar-refractivity contribution in [1.82, 2.24) is 0 Å². The van der Waals surface area contributed by atoms with Crippen molar-refractivity contribution in [2.45, 2.75) is 0 Å². The summed E-state index contributed by atoms with van der Waals surface area (Å²) in [5, 5.41) is 16.2. The summed E-state index contributed by atoms with van der Waals surface area (Å²) in [7, 11) is 0. The highest BCUT2D eigenvalue weighted by Crippen LogP contribution is 2.44. The van der Waals surface area contributed by atoms with Crippen LogP contribution in [0.1, 0.15) is 0 Å². The summed E-state index contributed by atoms with van der Waals surface area (Å²) < 4.78 is 8.65. The van der Waals surface area contributed by atoms with Crippen LogP contribution < -0.4 is 14.5 Å². The Kier molecular flexibility index (Phi) is 12.5. The van der Waals surface area contributed by atoms with E-state index in [2.05, 4.69) is 142 Å². The van der Waals surface area contributed by atoms with Crippen molar-refractivity contribution in [2.24, 2.45) is 0 Å². The first-order chi connectivity index (χ1) is 29.1. The van der Waals surface area contributed by atoms with Crippen molar-refractivity contribution in [1.29, 1.82) is 0 Å². The molecule has 59 heavy (non-hydrogen) atoms. The molecule has 10 rings (SSSR count). The summed E-state index contributed by atoms with van der Waals surface area (Å²) >= 11 is 9.76. The maximum atomic E-state index is 8.58. The summed E-state index contributed by atoms with van der Waals surface area (Å²) in [6.45, 7) is 0. The van der Waals surface area contributed by atoms with Crippen LogP contribution in [0.3, 0.4) is 0 Å². The molecular weight excluding hydrogens is 784 g/mol. The van der Waals surface area contributed by atoms with Gasteiger partial charge in [-0.3, -0.25) is 0 Å². The molecule has 286 valence electrons. The van der Waals surface area contributed by atoms with Crippen LogP contribution >= 0.6 is 34.3 Å². The lowest BCUT2D eigenvalue weighted by Crippen LogP contribution is -2.09. The zero-order chi connectivity index (χ0) is 40.2. The van der Waals surface area contributed by atoms with Gasteiger partial charge in [-0.15, -0.1) is 22.7 Å². The summed E-state index contributed by atoms with van der Waals surface area (Å²) in [5.41, 5.74) is 6.72. The maximum absolute atomic E-state index is 8.58. The lowest BCUT2D eigenvalue weighted by Gasteiger charge is -2.25. The van der Waals surface area contributed by atoms with Crippen molar-refractivity contribution in [2.75, 3.05) is 9.80 Å². The summed E-state index contributed by atoms with van der Waals surface area (Å²) in [6.07, 6.45) is 9.39. The highest BCUT2D eigenvalue weighted by atomic mass is 35.5. The van der Waals surface area contributed by atoms with E-state index >= 15 is 0 Å². The molecule has 7 aromatic carbocycles. The molecule has 0 amide bonds. The second-order valence-corrected chi connectivity index (χ2v) is 15.5. The smallest absolute Gasteiger partial charge is 0.286 e. The third-order valence-corrected chi connectivity index (χ3v) is 11.4. The molecule has 0 radical (unpaired) electrons. The van der Waals surface area contributed by atoms with Crippen LogP contribution in [0.15, 0.2) is 229 Å². The molecule has 1 N–H and O–H groups in total. The summed E-state index contributed by atoms with van der Waals surface area (Å²) in [6, 6.07) is 64.0. The zero-order valence-corrected chi connectivity index (χ0v) is 34.2. The van der Waals surface area contributed by atoms with Crippen LogP contribution in [0.2, 0.25) is 5.02 Å². The van der Waals surface area contributed by atoms with E-state index in [1.807, 2.05) is 72.8 Å². The van der Waals surface area contributed by atoms with E-state index in [0.29, 0.717) is 0 Å². The maximum Gasteiger partial charge on any atom is 0.286 e. The SMILES string of the molecule is Clc1cccc(N(c2ccccc2)c2csc3ccccc23)c1.OC1=CC=CC=[C+]1.c1ccc(Oc2cccc(N(c3ccccc3)c3csc4ccccc34)c2)cc1. The van der Waals surface area contributed by atoms with Gasteiger partial charge in [0.15, 0.2) is 0 Å². The van der Waals surface area contributed by atoms with Crippen LogP contribution in [0.5, 0.6) is 11.5 Å². The Balaban J connectivity index is 0.000000144. The molecule has 7 heteroatoms. The first kappa shape index (κ1) is 38.9. The number of allylic oxidation sites excluding steroid dienone is 5. The van der Waals surface area contributed by atoms with Crippen LogP contribution in [0.25, 0.3) is 20.2 Å². The predicted molar refractivity (Wildman–Crippen MR) is 252 cm³/mol. The lowest BCUT2D eigenvalue weighted by atomic mass is 10.1. The molecule has 2 heterocycles. The van der Waals surface area contributed by atoms with E-state index in [1.165, 1.54) is 31.5 Å². The molecule has 0 atom stereocenters. The average Bonchev–Trinajstić information content (AvgIpc) is 3.91. The van der Waals surface area contributed by atoms with Crippen molar-refractivity contribution in [3.8, 4) is 11.5 Å². The minimum absolute atomic E-state index is 0.197. The molecule has 1 aliphatic carbocycles. The number of aliphatic hydroxyl groups excluding tert-OH is 1. The second-order valence-electron chi connectivity index (χ2n) is 13.2. The van der Waals surface area contributed by atoms with Crippen molar-refractivity contribution in [3.05, 3.63) is 240 Å². The number of nitrogens with zero attached hydrogens (tertiary/aromatic N) is 2. The largest absolute Gasteiger partial charge is 0.481 e. The number of thiophene rings is 2. The average molecular weight is 822 g/mol. The Morgan fingerprint density at radius 3 is 1.46 bits per heavy atom. The van der Waals surface area contributed by atoms with Crippen LogP contribution in [0, 0.1) is 6.08 Å². The van der Waals surface area contributed by atoms with Crippen molar-refractivity contribution >= 4 is 88.6 Å². The zero-order valence-electron chi connectivity index (χ0n) is 31.8. The number of fused-ring (bicyclic) bond motifs is 2. The number of para-hydroxylation sites is 3. The van der Waals surface area contributed by atoms with Crippen LogP contribution in [-0.2, 0) is 0 Å². The second kappa shape index (κ2) is 19.0. The first-order valence-corrected chi connectivity index (χ1v) is 21.1. The minimum atomic E-state index is 0.197. The van der Waals surface area contributed by atoms with Crippen LogP contribution in [-0.4, -0.2) is 5.11 Å². The predicted octanol–water partition coefficient (Wildman–Crippen LogP) is 16.5. The highest BCUT2D eigenvalue weighted by molar-refractivity contribution is 7.18. The fourth-order valence-corrected chi connectivity index (χ4v) is 8.63. The molecule has 0 unspecified atom stereocenters. The number of benzene rings is 7. The van der Waals surface area contributed by atoms with E-state index in [0.717, 1.165) is 39.3 Å². The van der Waals surface area contributed by atoms with Gasteiger partial charge in [0, 0.05) is 70.8 Å². The van der Waals surface area contributed by atoms with Gasteiger partial charge in [0.1, 0.15) is 17.6 Å². The Hall–Kier alpha value is -6.92. The molecule has 4 nitrogen and oxygen atoms in total. The van der Waals surface area contributed by atoms with E-state index in [1.54, 1.807) is 47.0 Å². The van der Waals surface area contributed by atoms with E-state index in [9.17, 15) is 0 Å². The summed E-state index contributed by atoms with van der Waals surface area (Å²) in [5.74, 6) is 1.84. The molecular formula is C52H38ClN2O2S2+. The molecule has 9 aromatic rings. The van der Waals surface area contributed by atoms with E-state index in [4.69, 9.17) is 21.4 Å². The molecule has 0 bridgehead atoms. The van der Waals surface area contributed by atoms with E-state index < -0.39 is 0 Å². The Labute approximate surface area is 357 Å². The number of aliphatic hydroxyl groups is 1. The number of hydrogen-bond donors (Lipinski definition) is 1. The van der Waals surface area contributed by atoms with Gasteiger partial charge in [0.2, 0.25) is 0 Å². The third kappa shape index (κ3) is 9.62. The fourth-order valence-electron chi connectivity index (χ4n) is 6.59. The number of hydrogen-bond acceptors (Lipinski definition) is 6. The van der Waals surface area contributed by atoms with Crippen molar-refractivity contribution in [3.63, 3.8) is 0 Å². The molecule has 0 saturated carbocycles.